The van der Waals surface area contributed by atoms with Gasteiger partial charge in [0.05, 0.1) is 18.2 Å². The molecule has 5 nitrogen and oxygen atoms in total. The summed E-state index contributed by atoms with van der Waals surface area (Å²) in [6.45, 7) is 3.97. The predicted molar refractivity (Wildman–Crippen MR) is 124 cm³/mol. The van der Waals surface area contributed by atoms with Gasteiger partial charge in [0.2, 0.25) is 5.88 Å². The summed E-state index contributed by atoms with van der Waals surface area (Å²) in [6, 6.07) is 18.9. The van der Waals surface area contributed by atoms with E-state index in [1.165, 1.54) is 12.1 Å². The van der Waals surface area contributed by atoms with Crippen LogP contribution < -0.4 is 10.1 Å². The second-order valence-electron chi connectivity index (χ2n) is 7.69. The highest BCUT2D eigenvalue weighted by Gasteiger charge is 2.18. The predicted octanol–water partition coefficient (Wildman–Crippen LogP) is 6.23. The summed E-state index contributed by atoms with van der Waals surface area (Å²) >= 11 is 0. The van der Waals surface area contributed by atoms with Crippen molar-refractivity contribution < 1.29 is 19.0 Å². The van der Waals surface area contributed by atoms with Gasteiger partial charge in [-0.15, -0.1) is 0 Å². The minimum absolute atomic E-state index is 0.200. The second kappa shape index (κ2) is 8.67. The number of methoxy groups -OCH3 is 1. The highest BCUT2D eigenvalue weighted by atomic mass is 19.1. The number of fused-ring (bicyclic) bond motifs is 1. The summed E-state index contributed by atoms with van der Waals surface area (Å²) in [5, 5.41) is 13.8. The van der Waals surface area contributed by atoms with Crippen LogP contribution in [0.3, 0.4) is 0 Å². The van der Waals surface area contributed by atoms with E-state index >= 15 is 0 Å². The van der Waals surface area contributed by atoms with Gasteiger partial charge in [-0.2, -0.15) is 0 Å². The Kier molecular flexibility index (Phi) is 5.77. The zero-order valence-electron chi connectivity index (χ0n) is 18.0. The normalized spacial score (nSPS) is 11.9. The smallest absolute Gasteiger partial charge is 0.337 e. The Hall–Kier alpha value is -3.93. The van der Waals surface area contributed by atoms with Gasteiger partial charge in [-0.1, -0.05) is 30.3 Å². The van der Waals surface area contributed by atoms with Crippen molar-refractivity contribution in [3.63, 3.8) is 0 Å². The maximum atomic E-state index is 13.5. The Morgan fingerprint density at radius 2 is 1.81 bits per heavy atom. The molecule has 1 atom stereocenters. The SMILES string of the molecule is COc1nc2cc(C)cc(C(C)Nc3ccccc3C(=O)O)c2cc1-c1ccc(F)cc1. The molecule has 0 bridgehead atoms. The van der Waals surface area contributed by atoms with Crippen molar-refractivity contribution in [2.45, 2.75) is 19.9 Å². The van der Waals surface area contributed by atoms with Gasteiger partial charge in [0, 0.05) is 22.7 Å². The van der Waals surface area contributed by atoms with Crippen LogP contribution in [0.5, 0.6) is 5.88 Å². The van der Waals surface area contributed by atoms with Crippen molar-refractivity contribution in [1.82, 2.24) is 4.98 Å². The molecule has 32 heavy (non-hydrogen) atoms. The topological polar surface area (TPSA) is 71.5 Å². The molecule has 0 radical (unpaired) electrons. The van der Waals surface area contributed by atoms with E-state index in [4.69, 9.17) is 9.72 Å². The minimum Gasteiger partial charge on any atom is -0.481 e. The third kappa shape index (κ3) is 4.12. The molecule has 3 aromatic carbocycles. The molecule has 1 aromatic heterocycles. The second-order valence-corrected chi connectivity index (χ2v) is 7.69. The van der Waals surface area contributed by atoms with Gasteiger partial charge < -0.3 is 15.2 Å². The Bertz CT molecular complexity index is 1300. The van der Waals surface area contributed by atoms with Crippen molar-refractivity contribution in [3.05, 3.63) is 89.2 Å². The lowest BCUT2D eigenvalue weighted by Crippen LogP contribution is -2.11. The molecule has 4 rings (SSSR count). The summed E-state index contributed by atoms with van der Waals surface area (Å²) < 4.78 is 19.0. The molecular formula is C26H23FN2O3. The van der Waals surface area contributed by atoms with Crippen molar-refractivity contribution >= 4 is 22.6 Å². The molecule has 0 spiro atoms. The number of nitrogens with one attached hydrogen (secondary N) is 1. The van der Waals surface area contributed by atoms with Crippen molar-refractivity contribution in [2.75, 3.05) is 12.4 Å². The number of hydrogen-bond donors (Lipinski definition) is 2. The molecule has 0 fully saturated rings. The van der Waals surface area contributed by atoms with Gasteiger partial charge in [0.25, 0.3) is 0 Å². The number of halogens is 1. The van der Waals surface area contributed by atoms with E-state index in [9.17, 15) is 14.3 Å². The fourth-order valence-electron chi connectivity index (χ4n) is 3.89. The first-order valence-corrected chi connectivity index (χ1v) is 10.2. The number of hydrogen-bond acceptors (Lipinski definition) is 4. The molecule has 6 heteroatoms. The average Bonchev–Trinajstić information content (AvgIpc) is 2.78. The van der Waals surface area contributed by atoms with E-state index < -0.39 is 5.97 Å². The molecule has 1 unspecified atom stereocenters. The summed E-state index contributed by atoms with van der Waals surface area (Å²) in [5.41, 5.74) is 5.06. The fraction of sp³-hybridized carbons (Fsp3) is 0.154. The quantitative estimate of drug-likeness (QED) is 0.379. The molecule has 0 saturated carbocycles. The van der Waals surface area contributed by atoms with E-state index in [1.54, 1.807) is 43.5 Å². The number of benzene rings is 3. The molecular weight excluding hydrogens is 407 g/mol. The Labute approximate surface area is 185 Å². The van der Waals surface area contributed by atoms with Crippen molar-refractivity contribution in [3.8, 4) is 17.0 Å². The lowest BCUT2D eigenvalue weighted by molar-refractivity contribution is 0.0698. The van der Waals surface area contributed by atoms with Crippen LogP contribution in [0.1, 0.15) is 34.5 Å². The van der Waals surface area contributed by atoms with Gasteiger partial charge in [0.1, 0.15) is 5.82 Å². The van der Waals surface area contributed by atoms with Gasteiger partial charge in [0.15, 0.2) is 0 Å². The fourth-order valence-corrected chi connectivity index (χ4v) is 3.89. The number of aromatic carboxylic acids is 1. The molecule has 1 heterocycles. The summed E-state index contributed by atoms with van der Waals surface area (Å²) in [4.78, 5) is 16.3. The number of rotatable bonds is 6. The average molecular weight is 430 g/mol. The molecule has 0 aliphatic carbocycles. The number of aryl methyl sites for hydroxylation is 1. The van der Waals surface area contributed by atoms with E-state index in [0.717, 1.165) is 33.2 Å². The van der Waals surface area contributed by atoms with Gasteiger partial charge in [-0.25, -0.2) is 14.2 Å². The number of carbonyl (C=O) groups is 1. The van der Waals surface area contributed by atoms with Crippen LogP contribution in [0.2, 0.25) is 0 Å². The molecule has 4 aromatic rings. The minimum atomic E-state index is -0.987. The number of carboxylic acid groups (broad SMARTS) is 1. The zero-order chi connectivity index (χ0) is 22.8. The van der Waals surface area contributed by atoms with E-state index in [2.05, 4.69) is 11.4 Å². The number of para-hydroxylation sites is 1. The number of aromatic nitrogens is 1. The van der Waals surface area contributed by atoms with Crippen LogP contribution in [-0.4, -0.2) is 23.2 Å². The molecule has 0 amide bonds. The van der Waals surface area contributed by atoms with Gasteiger partial charge >= 0.3 is 5.97 Å². The summed E-state index contributed by atoms with van der Waals surface area (Å²) in [5.74, 6) is -0.843. The third-order valence-corrected chi connectivity index (χ3v) is 5.42. The van der Waals surface area contributed by atoms with Crippen LogP contribution in [-0.2, 0) is 0 Å². The van der Waals surface area contributed by atoms with Gasteiger partial charge in [-0.3, -0.25) is 0 Å². The maximum Gasteiger partial charge on any atom is 0.337 e. The first-order chi connectivity index (χ1) is 15.4. The molecule has 162 valence electrons. The molecule has 0 aliphatic heterocycles. The van der Waals surface area contributed by atoms with Crippen LogP contribution in [0, 0.1) is 12.7 Å². The zero-order valence-corrected chi connectivity index (χ0v) is 18.0. The van der Waals surface area contributed by atoms with Gasteiger partial charge in [-0.05, 0) is 66.9 Å². The third-order valence-electron chi connectivity index (χ3n) is 5.42. The summed E-state index contributed by atoms with van der Waals surface area (Å²) in [7, 11) is 1.56. The van der Waals surface area contributed by atoms with Crippen LogP contribution in [0.25, 0.3) is 22.0 Å². The lowest BCUT2D eigenvalue weighted by atomic mass is 9.96. The number of pyridine rings is 1. The maximum absolute atomic E-state index is 13.5. The van der Waals surface area contributed by atoms with Crippen molar-refractivity contribution in [1.29, 1.82) is 0 Å². The lowest BCUT2D eigenvalue weighted by Gasteiger charge is -2.20. The first kappa shape index (κ1) is 21.3. The van der Waals surface area contributed by atoms with E-state index in [-0.39, 0.29) is 17.4 Å². The standard InChI is InChI=1S/C26H23FN2O3/c1-15-12-20(16(2)28-23-7-5-4-6-19(23)26(30)31)22-14-21(17-8-10-18(27)11-9-17)25(32-3)29-24(22)13-15/h4-14,16,28H,1-3H3,(H,30,31). The number of nitrogens with zero attached hydrogens (tertiary/aromatic N) is 1. The van der Waals surface area contributed by atoms with E-state index in [1.807, 2.05) is 26.0 Å². The summed E-state index contributed by atoms with van der Waals surface area (Å²) in [6.07, 6.45) is 0. The van der Waals surface area contributed by atoms with Crippen LogP contribution >= 0.6 is 0 Å². The van der Waals surface area contributed by atoms with Crippen molar-refractivity contribution in [2.24, 2.45) is 0 Å². The largest absolute Gasteiger partial charge is 0.481 e. The van der Waals surface area contributed by atoms with Crippen LogP contribution in [0.4, 0.5) is 10.1 Å². The number of ether oxygens (including phenoxy) is 1. The molecule has 2 N–H and O–H groups in total. The monoisotopic (exact) mass is 430 g/mol. The highest BCUT2D eigenvalue weighted by Crippen LogP contribution is 2.36. The van der Waals surface area contributed by atoms with E-state index in [0.29, 0.717) is 11.6 Å². The Morgan fingerprint density at radius 1 is 1.09 bits per heavy atom. The highest BCUT2D eigenvalue weighted by molar-refractivity contribution is 5.94. The molecule has 0 aliphatic rings. The molecule has 0 saturated heterocycles. The number of anilines is 1. The number of carboxylic acids is 1. The Morgan fingerprint density at radius 3 is 2.50 bits per heavy atom. The first-order valence-electron chi connectivity index (χ1n) is 10.2. The van der Waals surface area contributed by atoms with Crippen LogP contribution in [0.15, 0.2) is 66.7 Å². The Balaban J connectivity index is 1.85.